The number of fused-ring (bicyclic) bond motifs is 3. The van der Waals surface area contributed by atoms with Crippen LogP contribution in [0.15, 0.2) is 95.7 Å². The largest absolute Gasteiger partial charge is 0.500 e. The quantitative estimate of drug-likeness (QED) is 0.125. The number of benzene rings is 3. The third-order valence-corrected chi connectivity index (χ3v) is 11.7. The van der Waals surface area contributed by atoms with Gasteiger partial charge in [0, 0.05) is 37.9 Å². The molecule has 0 N–H and O–H groups in total. The minimum atomic E-state index is -1.43. The van der Waals surface area contributed by atoms with E-state index in [1.165, 1.54) is 15.9 Å². The van der Waals surface area contributed by atoms with Gasteiger partial charge >= 0.3 is 0 Å². The third kappa shape index (κ3) is 7.91. The van der Waals surface area contributed by atoms with Gasteiger partial charge in [-0.2, -0.15) is 0 Å². The standard InChI is InChI=1S/C24H26NOSi.C14H16NSi.Ir/c1-16(2)12-18-14-21(25-15-24(18)27(3,4)5)17-10-11-23-20(13-17)19-8-6-7-9-22(19)26-23;1-16(2,3)13-9-10-14(15-11-13)12-7-5-4-6-8-12;/h6-9,11,13-16H,12H2,1-5H3;4-7,9-11H,1-3H3;/q2*-1;. The Morgan fingerprint density at radius 3 is 2.07 bits per heavy atom. The molecule has 6 heteroatoms. The van der Waals surface area contributed by atoms with Crippen LogP contribution < -0.4 is 10.4 Å². The van der Waals surface area contributed by atoms with Crippen molar-refractivity contribution in [2.45, 2.75) is 59.6 Å². The summed E-state index contributed by atoms with van der Waals surface area (Å²) in [6.07, 6.45) is 5.22. The first-order valence-electron chi connectivity index (χ1n) is 15.2. The van der Waals surface area contributed by atoms with E-state index in [0.717, 1.165) is 50.9 Å². The van der Waals surface area contributed by atoms with Crippen molar-refractivity contribution in [2.75, 3.05) is 0 Å². The Hall–Kier alpha value is -3.16. The smallest absolute Gasteiger partial charge is 0.120 e. The van der Waals surface area contributed by atoms with Crippen molar-refractivity contribution in [3.63, 3.8) is 0 Å². The first kappa shape index (κ1) is 33.7. The SMILES string of the molecule is CC(C)Cc1cc(-c2[c-]cc3oc4ccccc4c3c2)ncc1[Si](C)(C)C.C[Si](C)(C)c1ccc(-c2[c-]cccc2)nc1.[Ir]. The summed E-state index contributed by atoms with van der Waals surface area (Å²) >= 11 is 0. The molecule has 0 aliphatic rings. The van der Waals surface area contributed by atoms with Gasteiger partial charge in [-0.1, -0.05) is 100 Å². The summed E-state index contributed by atoms with van der Waals surface area (Å²) in [7, 11) is -2.66. The van der Waals surface area contributed by atoms with Crippen LogP contribution in [0.25, 0.3) is 44.5 Å². The molecule has 0 atom stereocenters. The Kier molecular flexibility index (Phi) is 10.6. The van der Waals surface area contributed by atoms with E-state index in [-0.39, 0.29) is 20.1 Å². The van der Waals surface area contributed by atoms with E-state index in [1.807, 2.05) is 48.7 Å². The summed E-state index contributed by atoms with van der Waals surface area (Å²) in [6.45, 7) is 18.7. The number of aromatic nitrogens is 2. The van der Waals surface area contributed by atoms with Gasteiger partial charge in [-0.25, -0.2) is 0 Å². The van der Waals surface area contributed by atoms with Gasteiger partial charge in [-0.3, -0.25) is 0 Å². The molecule has 3 aromatic carbocycles. The summed E-state index contributed by atoms with van der Waals surface area (Å²) in [5, 5.41) is 5.13. The molecule has 6 rings (SSSR count). The van der Waals surface area contributed by atoms with Crippen molar-refractivity contribution in [1.29, 1.82) is 0 Å². The normalized spacial score (nSPS) is 11.8. The maximum atomic E-state index is 5.94. The summed E-state index contributed by atoms with van der Waals surface area (Å²) in [5.74, 6) is 0.625. The first-order chi connectivity index (χ1) is 20.4. The summed E-state index contributed by atoms with van der Waals surface area (Å²) < 4.78 is 5.94. The van der Waals surface area contributed by atoms with Gasteiger partial charge in [-0.05, 0) is 40.2 Å². The molecule has 229 valence electrons. The van der Waals surface area contributed by atoms with Gasteiger partial charge in [0.25, 0.3) is 0 Å². The molecule has 0 spiro atoms. The number of para-hydroxylation sites is 1. The monoisotopic (exact) mass is 791 g/mol. The third-order valence-electron chi connectivity index (χ3n) is 7.63. The van der Waals surface area contributed by atoms with E-state index in [1.54, 1.807) is 0 Å². The maximum absolute atomic E-state index is 5.94. The Labute approximate surface area is 278 Å². The number of hydrogen-bond donors (Lipinski definition) is 0. The van der Waals surface area contributed by atoms with E-state index < -0.39 is 16.1 Å². The van der Waals surface area contributed by atoms with Crippen LogP contribution in [0.2, 0.25) is 39.3 Å². The van der Waals surface area contributed by atoms with E-state index in [9.17, 15) is 0 Å². The van der Waals surface area contributed by atoms with Crippen molar-refractivity contribution in [3.05, 3.63) is 109 Å². The maximum Gasteiger partial charge on any atom is 0.120 e. The molecule has 0 unspecified atom stereocenters. The average molecular weight is 791 g/mol. The van der Waals surface area contributed by atoms with Crippen molar-refractivity contribution in [2.24, 2.45) is 5.92 Å². The fourth-order valence-electron chi connectivity index (χ4n) is 5.30. The molecule has 0 saturated heterocycles. The predicted molar refractivity (Wildman–Crippen MR) is 189 cm³/mol. The fraction of sp³-hybridized carbons (Fsp3) is 0.263. The predicted octanol–water partition coefficient (Wildman–Crippen LogP) is 9.28. The summed E-state index contributed by atoms with van der Waals surface area (Å²) in [4.78, 5) is 9.35. The zero-order valence-electron chi connectivity index (χ0n) is 27.1. The molecular formula is C38H42IrN2OSi2-2. The molecule has 1 radical (unpaired) electrons. The number of hydrogen-bond acceptors (Lipinski definition) is 3. The van der Waals surface area contributed by atoms with Crippen LogP contribution in [0.3, 0.4) is 0 Å². The van der Waals surface area contributed by atoms with Gasteiger partial charge < -0.3 is 14.4 Å². The molecule has 6 aromatic rings. The Balaban J connectivity index is 0.000000223. The topological polar surface area (TPSA) is 38.9 Å². The zero-order valence-corrected chi connectivity index (χ0v) is 31.5. The molecule has 44 heavy (non-hydrogen) atoms. The first-order valence-corrected chi connectivity index (χ1v) is 22.2. The van der Waals surface area contributed by atoms with Crippen LogP contribution in [0, 0.1) is 18.1 Å². The average Bonchev–Trinajstić information content (AvgIpc) is 3.35. The molecule has 3 aromatic heterocycles. The molecule has 3 nitrogen and oxygen atoms in total. The molecule has 0 aliphatic heterocycles. The minimum Gasteiger partial charge on any atom is -0.500 e. The fourth-order valence-corrected chi connectivity index (χ4v) is 7.92. The molecular weight excluding hydrogens is 749 g/mol. The van der Waals surface area contributed by atoms with Gasteiger partial charge in [0.15, 0.2) is 0 Å². The van der Waals surface area contributed by atoms with E-state index in [4.69, 9.17) is 9.40 Å². The van der Waals surface area contributed by atoms with E-state index in [0.29, 0.717) is 5.92 Å². The Bertz CT molecular complexity index is 1830. The van der Waals surface area contributed by atoms with Crippen LogP contribution >= 0.6 is 0 Å². The molecule has 0 saturated carbocycles. The molecule has 0 fully saturated rings. The van der Waals surface area contributed by atoms with Crippen LogP contribution in [0.1, 0.15) is 19.4 Å². The van der Waals surface area contributed by atoms with Gasteiger partial charge in [0.1, 0.15) is 5.58 Å². The Morgan fingerprint density at radius 1 is 0.705 bits per heavy atom. The number of nitrogens with zero attached hydrogens (tertiary/aromatic N) is 2. The molecule has 0 bridgehead atoms. The second-order valence-electron chi connectivity index (χ2n) is 13.8. The molecule has 0 aliphatic carbocycles. The molecule has 0 amide bonds. The van der Waals surface area contributed by atoms with Crippen molar-refractivity contribution >= 4 is 48.5 Å². The summed E-state index contributed by atoms with van der Waals surface area (Å²) in [5.41, 5.74) is 7.33. The van der Waals surface area contributed by atoms with Crippen LogP contribution in [-0.4, -0.2) is 26.1 Å². The van der Waals surface area contributed by atoms with Gasteiger partial charge in [-0.15, -0.1) is 59.7 Å². The van der Waals surface area contributed by atoms with Gasteiger partial charge in [0.2, 0.25) is 0 Å². The van der Waals surface area contributed by atoms with Crippen molar-refractivity contribution in [3.8, 4) is 22.5 Å². The second-order valence-corrected chi connectivity index (χ2v) is 23.9. The number of pyridine rings is 2. The summed E-state index contributed by atoms with van der Waals surface area (Å²) in [6, 6.07) is 33.4. The van der Waals surface area contributed by atoms with Crippen LogP contribution in [-0.2, 0) is 26.5 Å². The van der Waals surface area contributed by atoms with Crippen LogP contribution in [0.5, 0.6) is 0 Å². The van der Waals surface area contributed by atoms with Crippen molar-refractivity contribution < 1.29 is 24.5 Å². The van der Waals surface area contributed by atoms with E-state index in [2.05, 4.69) is 113 Å². The number of rotatable bonds is 6. The second kappa shape index (κ2) is 13.9. The molecule has 3 heterocycles. The van der Waals surface area contributed by atoms with Gasteiger partial charge in [0.05, 0.1) is 21.7 Å². The van der Waals surface area contributed by atoms with E-state index >= 15 is 0 Å². The number of furan rings is 1. The van der Waals surface area contributed by atoms with Crippen LogP contribution in [0.4, 0.5) is 0 Å². The van der Waals surface area contributed by atoms with Crippen molar-refractivity contribution in [1.82, 2.24) is 9.97 Å². The Morgan fingerprint density at radius 2 is 1.43 bits per heavy atom. The zero-order chi connectivity index (χ0) is 30.8. The minimum absolute atomic E-state index is 0.